The van der Waals surface area contributed by atoms with E-state index in [1.54, 1.807) is 14.0 Å². The van der Waals surface area contributed by atoms with Crippen molar-refractivity contribution >= 4 is 35.4 Å². The van der Waals surface area contributed by atoms with Gasteiger partial charge in [-0.15, -0.1) is 0 Å². The second-order valence-electron chi connectivity index (χ2n) is 10.6. The van der Waals surface area contributed by atoms with Crippen molar-refractivity contribution in [1.82, 2.24) is 31.5 Å². The maximum atomic E-state index is 13.6. The van der Waals surface area contributed by atoms with Gasteiger partial charge < -0.3 is 26.7 Å². The summed E-state index contributed by atoms with van der Waals surface area (Å²) in [5, 5.41) is 12.5. The molecule has 0 bridgehead atoms. The predicted octanol–water partition coefficient (Wildman–Crippen LogP) is 3.37. The third kappa shape index (κ3) is 7.24. The Morgan fingerprint density at radius 1 is 1.00 bits per heavy atom. The van der Waals surface area contributed by atoms with Gasteiger partial charge in [0.2, 0.25) is 17.7 Å². The third-order valence-corrected chi connectivity index (χ3v) is 7.51. The van der Waals surface area contributed by atoms with E-state index in [4.69, 9.17) is 0 Å². The lowest BCUT2D eigenvalue weighted by Crippen LogP contribution is -2.60. The van der Waals surface area contributed by atoms with E-state index in [1.807, 2.05) is 51.1 Å². The zero-order valence-corrected chi connectivity index (χ0v) is 22.7. The van der Waals surface area contributed by atoms with Crippen LogP contribution in [0.2, 0.25) is 0 Å². The van der Waals surface area contributed by atoms with Gasteiger partial charge in [-0.3, -0.25) is 14.4 Å². The van der Waals surface area contributed by atoms with E-state index in [9.17, 15) is 14.4 Å². The van der Waals surface area contributed by atoms with Crippen LogP contribution in [-0.2, 0) is 14.4 Å². The molecule has 3 amide bonds. The Balaban J connectivity index is 0. The standard InChI is InChI=1S/C26H40N6O3S.4H2/c1-16(27-5)22(33)28-19(17-12-8-6-9-13-17)23(34)29-21(26(2,3)4)24(35)30-25-20(31-32-36-25)18-14-10-7-11-15-18;;;;/h7,10-11,14-17,19,21,27,31-32H,6,8-9,12-13H2,1-5H3,(H,28,33)(H,29,34)(H,30,35);4*1H/t16-,19-,21+;;;;/m0..../s1. The molecule has 1 saturated carbocycles. The molecule has 1 aliphatic heterocycles. The highest BCUT2D eigenvalue weighted by molar-refractivity contribution is 8.01. The second kappa shape index (κ2) is 12.6. The van der Waals surface area contributed by atoms with Crippen molar-refractivity contribution in [2.45, 2.75) is 77.9 Å². The first-order valence-electron chi connectivity index (χ1n) is 12.7. The van der Waals surface area contributed by atoms with Crippen molar-refractivity contribution in [3.63, 3.8) is 0 Å². The highest BCUT2D eigenvalue weighted by Gasteiger charge is 2.38. The molecule has 3 rings (SSSR count). The summed E-state index contributed by atoms with van der Waals surface area (Å²) >= 11 is 1.27. The number of hydrazine groups is 1. The van der Waals surface area contributed by atoms with Crippen molar-refractivity contribution in [2.24, 2.45) is 11.3 Å². The van der Waals surface area contributed by atoms with Gasteiger partial charge in [0.25, 0.3) is 0 Å². The number of carbonyl (C=O) groups excluding carboxylic acids is 3. The van der Waals surface area contributed by atoms with Gasteiger partial charge in [-0.05, 0) is 50.1 Å². The second-order valence-corrected chi connectivity index (χ2v) is 11.4. The maximum absolute atomic E-state index is 13.6. The van der Waals surface area contributed by atoms with E-state index in [-0.39, 0.29) is 29.3 Å². The minimum absolute atomic E-state index is 0. The molecule has 10 heteroatoms. The summed E-state index contributed by atoms with van der Waals surface area (Å²) in [6, 6.07) is 7.78. The molecule has 0 spiro atoms. The number of hydrogen-bond donors (Lipinski definition) is 6. The van der Waals surface area contributed by atoms with Gasteiger partial charge >= 0.3 is 0 Å². The van der Waals surface area contributed by atoms with Crippen LogP contribution in [0, 0.1) is 11.3 Å². The molecule has 1 aliphatic carbocycles. The number of benzene rings is 1. The number of likely N-dealkylation sites (N-methyl/N-ethyl adjacent to an activating group) is 1. The average molecular weight is 525 g/mol. The predicted molar refractivity (Wildman–Crippen MR) is 152 cm³/mol. The van der Waals surface area contributed by atoms with Crippen LogP contribution in [-0.4, -0.2) is 42.9 Å². The summed E-state index contributed by atoms with van der Waals surface area (Å²) in [7, 11) is 1.71. The quantitative estimate of drug-likeness (QED) is 0.274. The average Bonchev–Trinajstić information content (AvgIpc) is 3.33. The van der Waals surface area contributed by atoms with Crippen molar-refractivity contribution < 1.29 is 20.1 Å². The third-order valence-electron chi connectivity index (χ3n) is 6.80. The fraction of sp³-hybridized carbons (Fsp3) is 0.577. The lowest BCUT2D eigenvalue weighted by atomic mass is 9.82. The SMILES string of the molecule is CN[C@@H](C)C(=O)N[C@H](C(=O)N[C@H](C(=O)NC1=C(c2ccccc2)NNS1)C(C)(C)C)C1CCCCC1.[HH].[HH].[HH].[HH]. The van der Waals surface area contributed by atoms with Gasteiger partial charge in [-0.2, -0.15) is 4.83 Å². The maximum Gasteiger partial charge on any atom is 0.247 e. The molecule has 0 unspecified atom stereocenters. The molecule has 1 fully saturated rings. The fourth-order valence-electron chi connectivity index (χ4n) is 4.50. The number of hydrogen-bond acceptors (Lipinski definition) is 7. The van der Waals surface area contributed by atoms with E-state index in [0.29, 0.717) is 5.03 Å². The fourth-order valence-corrected chi connectivity index (χ4v) is 5.17. The minimum Gasteiger partial charge on any atom is -0.343 e. The van der Waals surface area contributed by atoms with Crippen LogP contribution in [0.25, 0.3) is 5.70 Å². The van der Waals surface area contributed by atoms with Crippen LogP contribution in [0.4, 0.5) is 0 Å². The Morgan fingerprint density at radius 3 is 2.28 bits per heavy atom. The summed E-state index contributed by atoms with van der Waals surface area (Å²) in [6.07, 6.45) is 4.95. The highest BCUT2D eigenvalue weighted by Crippen LogP contribution is 2.29. The van der Waals surface area contributed by atoms with Gasteiger partial charge in [-0.25, -0.2) is 0 Å². The summed E-state index contributed by atoms with van der Waals surface area (Å²) in [4.78, 5) is 42.8. The lowest BCUT2D eigenvalue weighted by Gasteiger charge is -2.35. The van der Waals surface area contributed by atoms with Crippen molar-refractivity contribution in [1.29, 1.82) is 0 Å². The smallest absolute Gasteiger partial charge is 0.247 e. The molecule has 6 N–H and O–H groups in total. The Bertz CT molecular complexity index is 975. The van der Waals surface area contributed by atoms with E-state index >= 15 is 0 Å². The van der Waals surface area contributed by atoms with Gasteiger partial charge in [0.05, 0.1) is 11.7 Å². The van der Waals surface area contributed by atoms with Crippen LogP contribution in [0.3, 0.4) is 0 Å². The van der Waals surface area contributed by atoms with Crippen molar-refractivity contribution in [3.8, 4) is 0 Å². The molecule has 1 heterocycles. The molecule has 3 atom stereocenters. The van der Waals surface area contributed by atoms with Crippen LogP contribution >= 0.6 is 11.9 Å². The summed E-state index contributed by atoms with van der Waals surface area (Å²) < 4.78 is 0. The minimum atomic E-state index is -0.805. The molecule has 2 aliphatic rings. The molecule has 9 nitrogen and oxygen atoms in total. The van der Waals surface area contributed by atoms with Gasteiger partial charge in [0, 0.05) is 11.3 Å². The molecule has 0 saturated heterocycles. The topological polar surface area (TPSA) is 123 Å². The molecule has 1 aromatic carbocycles. The van der Waals surface area contributed by atoms with E-state index in [0.717, 1.165) is 43.4 Å². The molecule has 1 aromatic rings. The molecular formula is C26H48N6O3S. The van der Waals surface area contributed by atoms with Crippen LogP contribution in [0.15, 0.2) is 35.4 Å². The number of amides is 3. The first kappa shape index (κ1) is 28.0. The zero-order chi connectivity index (χ0) is 26.3. The van der Waals surface area contributed by atoms with Gasteiger partial charge in [0.1, 0.15) is 17.1 Å². The monoisotopic (exact) mass is 524 g/mol. The lowest BCUT2D eigenvalue weighted by molar-refractivity contribution is -0.135. The largest absolute Gasteiger partial charge is 0.343 e. The number of carbonyl (C=O) groups is 3. The Kier molecular flexibility index (Phi) is 9.81. The number of nitrogens with one attached hydrogen (secondary N) is 6. The normalized spacial score (nSPS) is 19.1. The zero-order valence-electron chi connectivity index (χ0n) is 21.9. The first-order chi connectivity index (χ1) is 17.1. The van der Waals surface area contributed by atoms with Crippen LogP contribution in [0.5, 0.6) is 0 Å². The molecular weight excluding hydrogens is 476 g/mol. The first-order valence-corrected chi connectivity index (χ1v) is 13.5. The van der Waals surface area contributed by atoms with E-state index in [2.05, 4.69) is 31.5 Å². The molecule has 0 radical (unpaired) electrons. The van der Waals surface area contributed by atoms with Gasteiger partial charge in [-0.1, -0.05) is 70.4 Å². The van der Waals surface area contributed by atoms with E-state index in [1.165, 1.54) is 11.9 Å². The summed E-state index contributed by atoms with van der Waals surface area (Å²) in [5.41, 5.74) is 4.22. The Hall–Kier alpha value is -2.56. The molecule has 36 heavy (non-hydrogen) atoms. The Morgan fingerprint density at radius 2 is 1.67 bits per heavy atom. The molecule has 0 aromatic heterocycles. The molecule has 206 valence electrons. The van der Waals surface area contributed by atoms with Crippen LogP contribution in [0.1, 0.15) is 71.1 Å². The van der Waals surface area contributed by atoms with Crippen molar-refractivity contribution in [2.75, 3.05) is 7.05 Å². The van der Waals surface area contributed by atoms with Gasteiger partial charge in [0.15, 0.2) is 0 Å². The van der Waals surface area contributed by atoms with Crippen LogP contribution < -0.4 is 31.5 Å². The number of rotatable bonds is 9. The Labute approximate surface area is 224 Å². The highest BCUT2D eigenvalue weighted by atomic mass is 32.2. The van der Waals surface area contributed by atoms with Crippen molar-refractivity contribution in [3.05, 3.63) is 40.9 Å². The summed E-state index contributed by atoms with van der Waals surface area (Å²) in [6.45, 7) is 7.51. The summed E-state index contributed by atoms with van der Waals surface area (Å²) in [5.74, 6) is -0.811. The van der Waals surface area contributed by atoms with E-state index < -0.39 is 23.5 Å².